The van der Waals surface area contributed by atoms with E-state index in [9.17, 15) is 9.59 Å². The van der Waals surface area contributed by atoms with Crippen LogP contribution in [0.25, 0.3) is 0 Å². The van der Waals surface area contributed by atoms with Crippen molar-refractivity contribution in [2.24, 2.45) is 18.9 Å². The smallest absolute Gasteiger partial charge is 0.242 e. The number of unbranched alkanes of at least 4 members (excludes halogenated alkanes) is 1. The molecule has 1 aromatic rings. The molecule has 0 saturated heterocycles. The second kappa shape index (κ2) is 11.9. The summed E-state index contributed by atoms with van der Waals surface area (Å²) in [6, 6.07) is 4.06. The Morgan fingerprint density at radius 2 is 1.82 bits per heavy atom. The lowest BCUT2D eigenvalue weighted by Gasteiger charge is -2.33. The minimum atomic E-state index is 0.0153. The number of aryl methyl sites for hydroxylation is 1. The molecule has 0 aromatic carbocycles. The molecular weight excluding hydrogens is 350 g/mol. The number of carbonyl (C=O) groups excluding carboxylic acids is 2. The van der Waals surface area contributed by atoms with Crippen LogP contribution in [0.4, 0.5) is 0 Å². The molecule has 160 valence electrons. The molecule has 1 aromatic heterocycles. The van der Waals surface area contributed by atoms with Crippen molar-refractivity contribution in [1.82, 2.24) is 14.4 Å². The quantitative estimate of drug-likeness (QED) is 0.528. The molecule has 0 aliphatic rings. The summed E-state index contributed by atoms with van der Waals surface area (Å²) in [6.07, 6.45) is 5.87. The molecule has 1 heterocycles. The number of amides is 2. The van der Waals surface area contributed by atoms with E-state index in [2.05, 4.69) is 27.7 Å². The van der Waals surface area contributed by atoms with Crippen LogP contribution in [0.1, 0.15) is 72.9 Å². The van der Waals surface area contributed by atoms with E-state index < -0.39 is 0 Å². The van der Waals surface area contributed by atoms with Crippen molar-refractivity contribution in [1.29, 1.82) is 0 Å². The van der Waals surface area contributed by atoms with Crippen molar-refractivity contribution in [3.63, 3.8) is 0 Å². The minimum Gasteiger partial charge on any atom is -0.353 e. The zero-order valence-electron chi connectivity index (χ0n) is 19.1. The molecule has 1 rings (SSSR count). The molecule has 0 spiro atoms. The van der Waals surface area contributed by atoms with Gasteiger partial charge in [-0.1, -0.05) is 40.5 Å². The van der Waals surface area contributed by atoms with Crippen LogP contribution in [0.5, 0.6) is 0 Å². The lowest BCUT2D eigenvalue weighted by atomic mass is 9.97. The number of hydrogen-bond donors (Lipinski definition) is 0. The van der Waals surface area contributed by atoms with Crippen molar-refractivity contribution in [3.05, 3.63) is 24.0 Å². The second-order valence-corrected chi connectivity index (χ2v) is 8.59. The highest BCUT2D eigenvalue weighted by Crippen LogP contribution is 2.18. The highest BCUT2D eigenvalue weighted by atomic mass is 16.2. The van der Waals surface area contributed by atoms with Gasteiger partial charge < -0.3 is 14.4 Å². The van der Waals surface area contributed by atoms with E-state index in [1.54, 1.807) is 4.90 Å². The third-order valence-electron chi connectivity index (χ3n) is 5.30. The first-order valence-corrected chi connectivity index (χ1v) is 10.9. The van der Waals surface area contributed by atoms with Crippen LogP contribution in [0.3, 0.4) is 0 Å². The summed E-state index contributed by atoms with van der Waals surface area (Å²) in [4.78, 5) is 30.0. The summed E-state index contributed by atoms with van der Waals surface area (Å²) in [5.41, 5.74) is 1.10. The van der Waals surface area contributed by atoms with Gasteiger partial charge in [0.1, 0.15) is 0 Å². The fourth-order valence-corrected chi connectivity index (χ4v) is 3.50. The zero-order chi connectivity index (χ0) is 21.3. The fourth-order valence-electron chi connectivity index (χ4n) is 3.50. The number of carbonyl (C=O) groups is 2. The summed E-state index contributed by atoms with van der Waals surface area (Å²) >= 11 is 0. The van der Waals surface area contributed by atoms with Crippen molar-refractivity contribution in [2.45, 2.75) is 79.8 Å². The van der Waals surface area contributed by atoms with Crippen molar-refractivity contribution in [2.75, 3.05) is 13.1 Å². The maximum Gasteiger partial charge on any atom is 0.242 e. The predicted molar refractivity (Wildman–Crippen MR) is 116 cm³/mol. The number of hydrogen-bond acceptors (Lipinski definition) is 2. The Hall–Kier alpha value is -1.78. The molecule has 28 heavy (non-hydrogen) atoms. The molecule has 1 atom stereocenters. The topological polar surface area (TPSA) is 45.6 Å². The first-order chi connectivity index (χ1) is 13.2. The van der Waals surface area contributed by atoms with Crippen LogP contribution in [0, 0.1) is 11.8 Å². The van der Waals surface area contributed by atoms with Crippen molar-refractivity contribution < 1.29 is 9.59 Å². The molecule has 0 N–H and O–H groups in total. The SMILES string of the molecule is CCCCC(CC)C(=O)N(CC(=O)N(Cc1cccn1C)CC(C)C)C(C)C. The van der Waals surface area contributed by atoms with Gasteiger partial charge in [0.15, 0.2) is 0 Å². The molecule has 0 aliphatic carbocycles. The summed E-state index contributed by atoms with van der Waals surface area (Å²) < 4.78 is 2.05. The Kier molecular flexibility index (Phi) is 10.3. The lowest BCUT2D eigenvalue weighted by Crippen LogP contribution is -2.48. The monoisotopic (exact) mass is 391 g/mol. The van der Waals surface area contributed by atoms with Crippen molar-refractivity contribution >= 4 is 11.8 Å². The highest BCUT2D eigenvalue weighted by molar-refractivity contribution is 5.86. The zero-order valence-corrected chi connectivity index (χ0v) is 19.1. The van der Waals surface area contributed by atoms with Gasteiger partial charge in [-0.05, 0) is 44.7 Å². The van der Waals surface area contributed by atoms with E-state index in [0.717, 1.165) is 31.4 Å². The number of nitrogens with zero attached hydrogens (tertiary/aromatic N) is 3. The standard InChI is InChI=1S/C23H41N3O2/c1-8-10-12-20(9-2)23(28)26(19(5)6)17-22(27)25(15-18(3)4)16-21-13-11-14-24(21)7/h11,13-14,18-20H,8-10,12,15-17H2,1-7H3. The maximum atomic E-state index is 13.2. The van der Waals surface area contributed by atoms with Crippen LogP contribution in [-0.4, -0.2) is 45.3 Å². The summed E-state index contributed by atoms with van der Waals surface area (Å²) in [5.74, 6) is 0.548. The first kappa shape index (κ1) is 24.3. The van der Waals surface area contributed by atoms with E-state index in [1.165, 1.54) is 0 Å². The second-order valence-electron chi connectivity index (χ2n) is 8.59. The average molecular weight is 392 g/mol. The largest absolute Gasteiger partial charge is 0.353 e. The minimum absolute atomic E-state index is 0.0153. The summed E-state index contributed by atoms with van der Waals surface area (Å²) in [6.45, 7) is 13.9. The van der Waals surface area contributed by atoms with E-state index in [1.807, 2.05) is 48.7 Å². The van der Waals surface area contributed by atoms with Crippen LogP contribution >= 0.6 is 0 Å². The van der Waals surface area contributed by atoms with Gasteiger partial charge in [0.25, 0.3) is 0 Å². The average Bonchev–Trinajstić information content (AvgIpc) is 3.03. The van der Waals surface area contributed by atoms with Gasteiger partial charge in [-0.2, -0.15) is 0 Å². The molecule has 0 fully saturated rings. The number of rotatable bonds is 12. The predicted octanol–water partition coefficient (Wildman–Crippen LogP) is 4.46. The van der Waals surface area contributed by atoms with E-state index in [4.69, 9.17) is 0 Å². The van der Waals surface area contributed by atoms with E-state index >= 15 is 0 Å². The van der Waals surface area contributed by atoms with Crippen LogP contribution < -0.4 is 0 Å². The molecule has 5 nitrogen and oxygen atoms in total. The molecule has 2 amide bonds. The third kappa shape index (κ3) is 7.33. The summed E-state index contributed by atoms with van der Waals surface area (Å²) in [7, 11) is 2.00. The van der Waals surface area contributed by atoms with Crippen LogP contribution in [0.15, 0.2) is 18.3 Å². The van der Waals surface area contributed by atoms with Gasteiger partial charge >= 0.3 is 0 Å². The van der Waals surface area contributed by atoms with Gasteiger partial charge in [-0.3, -0.25) is 9.59 Å². The van der Waals surface area contributed by atoms with Gasteiger partial charge in [0, 0.05) is 37.4 Å². The fraction of sp³-hybridized carbons (Fsp3) is 0.739. The van der Waals surface area contributed by atoms with Gasteiger partial charge in [-0.15, -0.1) is 0 Å². The molecule has 0 aliphatic heterocycles. The Morgan fingerprint density at radius 1 is 1.14 bits per heavy atom. The van der Waals surface area contributed by atoms with E-state index in [-0.39, 0.29) is 30.3 Å². The van der Waals surface area contributed by atoms with E-state index in [0.29, 0.717) is 19.0 Å². The van der Waals surface area contributed by atoms with Gasteiger partial charge in [0.2, 0.25) is 11.8 Å². The maximum absolute atomic E-state index is 13.2. The Bertz CT molecular complexity index is 607. The van der Waals surface area contributed by atoms with Crippen LogP contribution in [0.2, 0.25) is 0 Å². The molecule has 5 heteroatoms. The van der Waals surface area contributed by atoms with Gasteiger partial charge in [-0.25, -0.2) is 0 Å². The molecule has 0 saturated carbocycles. The molecule has 0 bridgehead atoms. The third-order valence-corrected chi connectivity index (χ3v) is 5.30. The van der Waals surface area contributed by atoms with Gasteiger partial charge in [0.05, 0.1) is 13.1 Å². The Labute approximate surface area is 172 Å². The summed E-state index contributed by atoms with van der Waals surface area (Å²) in [5, 5.41) is 0. The highest BCUT2D eigenvalue weighted by Gasteiger charge is 2.28. The lowest BCUT2D eigenvalue weighted by molar-refractivity contribution is -0.145. The number of aromatic nitrogens is 1. The Morgan fingerprint density at radius 3 is 2.29 bits per heavy atom. The molecule has 1 unspecified atom stereocenters. The first-order valence-electron chi connectivity index (χ1n) is 10.9. The van der Waals surface area contributed by atoms with Crippen molar-refractivity contribution in [3.8, 4) is 0 Å². The molecular formula is C23H41N3O2. The normalized spacial score (nSPS) is 12.5. The van der Waals surface area contributed by atoms with Crippen LogP contribution in [-0.2, 0) is 23.2 Å². The Balaban J connectivity index is 2.93. The molecule has 0 radical (unpaired) electrons.